The van der Waals surface area contributed by atoms with E-state index in [-0.39, 0.29) is 17.8 Å². The molecule has 31 heavy (non-hydrogen) atoms. The third-order valence-corrected chi connectivity index (χ3v) is 6.10. The maximum Gasteiger partial charge on any atom is 0.309 e. The lowest BCUT2D eigenvalue weighted by Gasteiger charge is -2.40. The van der Waals surface area contributed by atoms with Gasteiger partial charge in [0.25, 0.3) is 0 Å². The third-order valence-electron chi connectivity index (χ3n) is 6.10. The van der Waals surface area contributed by atoms with Crippen molar-refractivity contribution < 1.29 is 14.3 Å². The molecule has 1 saturated heterocycles. The van der Waals surface area contributed by atoms with E-state index in [0.717, 1.165) is 35.4 Å². The van der Waals surface area contributed by atoms with Crippen molar-refractivity contribution in [1.29, 1.82) is 0 Å². The van der Waals surface area contributed by atoms with Gasteiger partial charge in [-0.3, -0.25) is 4.79 Å². The van der Waals surface area contributed by atoms with E-state index in [1.807, 2.05) is 67.6 Å². The minimum atomic E-state index is -0.727. The zero-order chi connectivity index (χ0) is 21.7. The average Bonchev–Trinajstić information content (AvgIpc) is 2.81. The van der Waals surface area contributed by atoms with Crippen LogP contribution in [0.3, 0.4) is 0 Å². The Bertz CT molecular complexity index is 992. The Morgan fingerprint density at radius 1 is 1.03 bits per heavy atom. The second-order valence-corrected chi connectivity index (χ2v) is 8.25. The first-order chi connectivity index (χ1) is 15.1. The second-order valence-electron chi connectivity index (χ2n) is 8.25. The van der Waals surface area contributed by atoms with Crippen LogP contribution in [0, 0.1) is 12.8 Å². The lowest BCUT2D eigenvalue weighted by atomic mass is 9.78. The van der Waals surface area contributed by atoms with Gasteiger partial charge in [0, 0.05) is 13.0 Å². The van der Waals surface area contributed by atoms with Crippen molar-refractivity contribution in [2.24, 2.45) is 5.92 Å². The monoisotopic (exact) mass is 416 g/mol. The number of hydrogen-bond acceptors (Lipinski definition) is 5. The van der Waals surface area contributed by atoms with Gasteiger partial charge in [-0.05, 0) is 49.4 Å². The fourth-order valence-corrected chi connectivity index (χ4v) is 4.42. The Kier molecular flexibility index (Phi) is 6.42. The molecule has 5 heteroatoms. The highest BCUT2D eigenvalue weighted by atomic mass is 16.6. The number of esters is 1. The predicted molar refractivity (Wildman–Crippen MR) is 118 cm³/mol. The summed E-state index contributed by atoms with van der Waals surface area (Å²) in [6, 6.07) is 24.1. The molecule has 1 aromatic heterocycles. The minimum absolute atomic E-state index is 0.0153. The number of carbonyl (C=O) groups excluding carboxylic acids is 1. The highest BCUT2D eigenvalue weighted by Crippen LogP contribution is 2.41. The van der Waals surface area contributed by atoms with Crippen LogP contribution in [0.25, 0.3) is 0 Å². The molecule has 2 heterocycles. The number of ether oxygens (including phenoxy) is 2. The molecular weight excluding hydrogens is 388 g/mol. The molecule has 1 aliphatic rings. The van der Waals surface area contributed by atoms with E-state index < -0.39 is 5.60 Å². The quantitative estimate of drug-likeness (QED) is 0.518. The molecule has 0 radical (unpaired) electrons. The van der Waals surface area contributed by atoms with Gasteiger partial charge >= 0.3 is 5.97 Å². The number of aromatic nitrogens is 2. The van der Waals surface area contributed by atoms with Gasteiger partial charge < -0.3 is 9.47 Å². The SMILES string of the molecule is COCC1(c2ccccc2)CCC(C[C@@H](c2ccccc2)c2ccc(C)nn2)C(=O)O1. The van der Waals surface area contributed by atoms with Crippen molar-refractivity contribution in [3.8, 4) is 0 Å². The van der Waals surface area contributed by atoms with Gasteiger partial charge in [0.05, 0.1) is 23.9 Å². The number of cyclic esters (lactones) is 1. The predicted octanol–water partition coefficient (Wildman–Crippen LogP) is 4.80. The van der Waals surface area contributed by atoms with Crippen LogP contribution in [0.2, 0.25) is 0 Å². The molecule has 0 N–H and O–H groups in total. The molecule has 160 valence electrons. The summed E-state index contributed by atoms with van der Waals surface area (Å²) >= 11 is 0. The highest BCUT2D eigenvalue weighted by molar-refractivity contribution is 5.74. The zero-order valence-corrected chi connectivity index (χ0v) is 18.0. The van der Waals surface area contributed by atoms with Crippen LogP contribution < -0.4 is 0 Å². The van der Waals surface area contributed by atoms with Crippen LogP contribution in [0.4, 0.5) is 0 Å². The molecule has 3 atom stereocenters. The number of aryl methyl sites for hydroxylation is 1. The Balaban J connectivity index is 1.58. The fourth-order valence-electron chi connectivity index (χ4n) is 4.42. The molecule has 2 unspecified atom stereocenters. The molecule has 3 aromatic rings. The Morgan fingerprint density at radius 2 is 1.74 bits per heavy atom. The summed E-state index contributed by atoms with van der Waals surface area (Å²) in [4.78, 5) is 13.2. The van der Waals surface area contributed by atoms with Crippen LogP contribution in [-0.4, -0.2) is 29.9 Å². The van der Waals surface area contributed by atoms with Crippen molar-refractivity contribution >= 4 is 5.97 Å². The number of benzene rings is 2. The van der Waals surface area contributed by atoms with E-state index in [4.69, 9.17) is 9.47 Å². The summed E-state index contributed by atoms with van der Waals surface area (Å²) in [7, 11) is 1.64. The summed E-state index contributed by atoms with van der Waals surface area (Å²) in [5.74, 6) is -0.395. The fraction of sp³-hybridized carbons (Fsp3) is 0.346. The first-order valence-electron chi connectivity index (χ1n) is 10.7. The summed E-state index contributed by atoms with van der Waals surface area (Å²) in [6.07, 6.45) is 2.10. The number of nitrogens with zero attached hydrogens (tertiary/aromatic N) is 2. The lowest BCUT2D eigenvalue weighted by molar-refractivity contribution is -0.184. The maximum atomic E-state index is 13.2. The molecule has 2 aromatic carbocycles. The van der Waals surface area contributed by atoms with Crippen LogP contribution >= 0.6 is 0 Å². The van der Waals surface area contributed by atoms with Crippen molar-refractivity contribution in [2.75, 3.05) is 13.7 Å². The van der Waals surface area contributed by atoms with Crippen molar-refractivity contribution in [3.05, 3.63) is 95.3 Å². The van der Waals surface area contributed by atoms with E-state index in [0.29, 0.717) is 13.0 Å². The van der Waals surface area contributed by atoms with Crippen LogP contribution in [0.5, 0.6) is 0 Å². The number of carbonyl (C=O) groups is 1. The van der Waals surface area contributed by atoms with Gasteiger partial charge in [-0.15, -0.1) is 0 Å². The third kappa shape index (κ3) is 4.67. The summed E-state index contributed by atoms with van der Waals surface area (Å²) < 4.78 is 11.6. The lowest BCUT2D eigenvalue weighted by Crippen LogP contribution is -2.44. The van der Waals surface area contributed by atoms with E-state index in [1.54, 1.807) is 7.11 Å². The van der Waals surface area contributed by atoms with E-state index in [9.17, 15) is 4.79 Å². The summed E-state index contributed by atoms with van der Waals surface area (Å²) in [6.45, 7) is 2.27. The van der Waals surface area contributed by atoms with Crippen LogP contribution in [-0.2, 0) is 19.9 Å². The summed E-state index contributed by atoms with van der Waals surface area (Å²) in [5.41, 5.74) is 3.13. The molecule has 0 bridgehead atoms. The van der Waals surface area contributed by atoms with E-state index >= 15 is 0 Å². The van der Waals surface area contributed by atoms with Crippen molar-refractivity contribution in [1.82, 2.24) is 10.2 Å². The van der Waals surface area contributed by atoms with Gasteiger partial charge in [-0.2, -0.15) is 10.2 Å². The van der Waals surface area contributed by atoms with Crippen LogP contribution in [0.15, 0.2) is 72.8 Å². The maximum absolute atomic E-state index is 13.2. The van der Waals surface area contributed by atoms with Gasteiger partial charge in [0.1, 0.15) is 0 Å². The normalized spacial score (nSPS) is 22.0. The molecule has 1 aliphatic heterocycles. The standard InChI is InChI=1S/C26H28N2O3/c1-19-13-14-24(28-27-19)23(20-9-5-3-6-10-20)17-21-15-16-26(18-30-2,31-25(21)29)22-11-7-4-8-12-22/h3-14,21,23H,15-18H2,1-2H3/t21?,23-,26?/m0/s1. The van der Waals surface area contributed by atoms with E-state index in [1.165, 1.54) is 0 Å². The van der Waals surface area contributed by atoms with Gasteiger partial charge in [-0.1, -0.05) is 60.7 Å². The highest BCUT2D eigenvalue weighted by Gasteiger charge is 2.44. The smallest absolute Gasteiger partial charge is 0.309 e. The Morgan fingerprint density at radius 3 is 2.35 bits per heavy atom. The Hall–Kier alpha value is -3.05. The minimum Gasteiger partial charge on any atom is -0.451 e. The molecular formula is C26H28N2O3. The Labute approximate surface area is 183 Å². The van der Waals surface area contributed by atoms with Crippen LogP contribution in [0.1, 0.15) is 47.7 Å². The van der Waals surface area contributed by atoms with Gasteiger partial charge in [0.2, 0.25) is 0 Å². The van der Waals surface area contributed by atoms with E-state index in [2.05, 4.69) is 22.3 Å². The number of rotatable bonds is 7. The largest absolute Gasteiger partial charge is 0.451 e. The molecule has 1 fully saturated rings. The molecule has 0 saturated carbocycles. The topological polar surface area (TPSA) is 61.3 Å². The van der Waals surface area contributed by atoms with Gasteiger partial charge in [-0.25, -0.2) is 0 Å². The molecule has 0 spiro atoms. The zero-order valence-electron chi connectivity index (χ0n) is 18.0. The van der Waals surface area contributed by atoms with Crippen molar-refractivity contribution in [3.63, 3.8) is 0 Å². The van der Waals surface area contributed by atoms with Gasteiger partial charge in [0.15, 0.2) is 5.60 Å². The molecule has 0 amide bonds. The number of hydrogen-bond donors (Lipinski definition) is 0. The summed E-state index contributed by atoms with van der Waals surface area (Å²) in [5, 5.41) is 8.67. The molecule has 0 aliphatic carbocycles. The average molecular weight is 417 g/mol. The second kappa shape index (κ2) is 9.40. The van der Waals surface area contributed by atoms with Crippen molar-refractivity contribution in [2.45, 2.75) is 37.7 Å². The first kappa shape index (κ1) is 21.2. The number of methoxy groups -OCH3 is 1. The molecule has 4 rings (SSSR count). The molecule has 5 nitrogen and oxygen atoms in total. The first-order valence-corrected chi connectivity index (χ1v) is 10.7.